The molecule has 1 heterocycles. The fraction of sp³-hybridized carbons (Fsp3) is 1.00. The van der Waals surface area contributed by atoms with Crippen molar-refractivity contribution >= 4 is 0 Å². The van der Waals surface area contributed by atoms with Gasteiger partial charge in [0, 0.05) is 12.1 Å². The van der Waals surface area contributed by atoms with E-state index in [0.717, 1.165) is 12.8 Å². The first-order valence-electron chi connectivity index (χ1n) is 4.66. The van der Waals surface area contributed by atoms with E-state index in [1.54, 1.807) is 0 Å². The van der Waals surface area contributed by atoms with Crippen LogP contribution < -0.4 is 11.1 Å². The summed E-state index contributed by atoms with van der Waals surface area (Å²) in [5, 5.41) is 3.32. The zero-order valence-electron chi connectivity index (χ0n) is 8.26. The van der Waals surface area contributed by atoms with E-state index in [1.165, 1.54) is 0 Å². The minimum absolute atomic E-state index is 0.108. The Bertz CT molecular complexity index is 133. The van der Waals surface area contributed by atoms with E-state index in [0.29, 0.717) is 18.8 Å². The van der Waals surface area contributed by atoms with E-state index >= 15 is 0 Å². The molecule has 2 unspecified atom stereocenters. The van der Waals surface area contributed by atoms with Crippen molar-refractivity contribution < 1.29 is 4.74 Å². The summed E-state index contributed by atoms with van der Waals surface area (Å²) in [6, 6.07) is 0. The quantitative estimate of drug-likeness (QED) is 0.637. The van der Waals surface area contributed by atoms with Gasteiger partial charge in [0.2, 0.25) is 0 Å². The zero-order valence-corrected chi connectivity index (χ0v) is 8.26. The van der Waals surface area contributed by atoms with E-state index in [4.69, 9.17) is 10.5 Å². The van der Waals surface area contributed by atoms with Crippen molar-refractivity contribution in [2.45, 2.75) is 44.4 Å². The van der Waals surface area contributed by atoms with Crippen LogP contribution in [0, 0.1) is 0 Å². The van der Waals surface area contributed by atoms with Gasteiger partial charge in [-0.2, -0.15) is 0 Å². The highest BCUT2D eigenvalue weighted by atomic mass is 16.5. The van der Waals surface area contributed by atoms with Crippen LogP contribution >= 0.6 is 0 Å². The van der Waals surface area contributed by atoms with Crippen molar-refractivity contribution in [2.75, 3.05) is 13.6 Å². The molecule has 0 spiro atoms. The highest BCUT2D eigenvalue weighted by Gasteiger charge is 2.35. The number of hydrogen-bond acceptors (Lipinski definition) is 3. The third-order valence-electron chi connectivity index (χ3n) is 2.74. The smallest absolute Gasteiger partial charge is 0.0568 e. The summed E-state index contributed by atoms with van der Waals surface area (Å²) in [4.78, 5) is 0. The van der Waals surface area contributed by atoms with Crippen LogP contribution in [0.25, 0.3) is 0 Å². The van der Waals surface area contributed by atoms with Crippen LogP contribution in [0.1, 0.15) is 26.7 Å². The van der Waals surface area contributed by atoms with Gasteiger partial charge in [-0.05, 0) is 33.7 Å². The lowest BCUT2D eigenvalue weighted by atomic mass is 9.84. The molecule has 1 aliphatic heterocycles. The summed E-state index contributed by atoms with van der Waals surface area (Å²) in [5.74, 6) is 0. The van der Waals surface area contributed by atoms with Crippen molar-refractivity contribution in [3.8, 4) is 0 Å². The number of ether oxygens (including phenoxy) is 1. The molecule has 0 saturated carbocycles. The predicted molar refractivity (Wildman–Crippen MR) is 50.1 cm³/mol. The number of nitrogens with one attached hydrogen (secondary N) is 1. The van der Waals surface area contributed by atoms with E-state index in [9.17, 15) is 0 Å². The molecule has 12 heavy (non-hydrogen) atoms. The van der Waals surface area contributed by atoms with Crippen LogP contribution in [0.5, 0.6) is 0 Å². The molecule has 0 aromatic carbocycles. The van der Waals surface area contributed by atoms with Gasteiger partial charge in [-0.15, -0.1) is 0 Å². The molecule has 0 radical (unpaired) electrons. The fourth-order valence-corrected chi connectivity index (χ4v) is 2.15. The van der Waals surface area contributed by atoms with Crippen molar-refractivity contribution in [2.24, 2.45) is 5.73 Å². The first kappa shape index (κ1) is 9.96. The summed E-state index contributed by atoms with van der Waals surface area (Å²) in [6.45, 7) is 4.91. The fourth-order valence-electron chi connectivity index (χ4n) is 2.15. The monoisotopic (exact) mass is 172 g/mol. The van der Waals surface area contributed by atoms with E-state index in [-0.39, 0.29) is 5.54 Å². The van der Waals surface area contributed by atoms with Gasteiger partial charge in [-0.25, -0.2) is 0 Å². The molecule has 1 aliphatic rings. The average Bonchev–Trinajstić information content (AvgIpc) is 2.02. The molecule has 3 heteroatoms. The van der Waals surface area contributed by atoms with Gasteiger partial charge in [0.05, 0.1) is 12.2 Å². The molecule has 1 fully saturated rings. The minimum Gasteiger partial charge on any atom is -0.375 e. The van der Waals surface area contributed by atoms with Gasteiger partial charge >= 0.3 is 0 Å². The second-order valence-corrected chi connectivity index (χ2v) is 3.90. The maximum Gasteiger partial charge on any atom is 0.0568 e. The second-order valence-electron chi connectivity index (χ2n) is 3.90. The maximum absolute atomic E-state index is 5.76. The standard InChI is InChI=1S/C9H20N2O/c1-7-4-9(6-10,11-3)5-8(2)12-7/h7-8,11H,4-6,10H2,1-3H3. The third-order valence-corrected chi connectivity index (χ3v) is 2.74. The van der Waals surface area contributed by atoms with Crippen LogP contribution in [0.4, 0.5) is 0 Å². The van der Waals surface area contributed by atoms with Crippen molar-refractivity contribution in [1.82, 2.24) is 5.32 Å². The Labute approximate surface area is 74.7 Å². The number of nitrogens with two attached hydrogens (primary N) is 1. The Morgan fingerprint density at radius 1 is 1.42 bits per heavy atom. The Hall–Kier alpha value is -0.120. The van der Waals surface area contributed by atoms with E-state index in [2.05, 4.69) is 19.2 Å². The molecule has 0 aromatic rings. The van der Waals surface area contributed by atoms with Crippen LogP contribution in [-0.4, -0.2) is 31.3 Å². The highest BCUT2D eigenvalue weighted by Crippen LogP contribution is 2.27. The van der Waals surface area contributed by atoms with Crippen LogP contribution in [0.3, 0.4) is 0 Å². The summed E-state index contributed by atoms with van der Waals surface area (Å²) in [5.41, 5.74) is 5.86. The molecule has 0 aromatic heterocycles. The van der Waals surface area contributed by atoms with Gasteiger partial charge in [-0.3, -0.25) is 0 Å². The lowest BCUT2D eigenvalue weighted by molar-refractivity contribution is -0.0653. The molecule has 2 atom stereocenters. The molecular formula is C9H20N2O. The van der Waals surface area contributed by atoms with Gasteiger partial charge < -0.3 is 15.8 Å². The van der Waals surface area contributed by atoms with Gasteiger partial charge in [0.25, 0.3) is 0 Å². The first-order valence-corrected chi connectivity index (χ1v) is 4.66. The zero-order chi connectivity index (χ0) is 9.19. The van der Waals surface area contributed by atoms with Crippen LogP contribution in [-0.2, 0) is 4.74 Å². The predicted octanol–water partition coefficient (Wildman–Crippen LogP) is 0.491. The number of hydrogen-bond donors (Lipinski definition) is 2. The minimum atomic E-state index is 0.108. The molecule has 1 saturated heterocycles. The lowest BCUT2D eigenvalue weighted by Gasteiger charge is -2.42. The molecule has 0 aliphatic carbocycles. The lowest BCUT2D eigenvalue weighted by Crippen LogP contribution is -2.56. The topological polar surface area (TPSA) is 47.3 Å². The average molecular weight is 172 g/mol. The molecular weight excluding hydrogens is 152 g/mol. The summed E-state index contributed by atoms with van der Waals surface area (Å²) < 4.78 is 5.65. The molecule has 3 nitrogen and oxygen atoms in total. The number of rotatable bonds is 2. The second kappa shape index (κ2) is 3.73. The molecule has 0 amide bonds. The largest absolute Gasteiger partial charge is 0.375 e. The van der Waals surface area contributed by atoms with Crippen LogP contribution in [0.15, 0.2) is 0 Å². The third kappa shape index (κ3) is 1.97. The summed E-state index contributed by atoms with van der Waals surface area (Å²) in [7, 11) is 1.98. The maximum atomic E-state index is 5.76. The Morgan fingerprint density at radius 2 is 1.92 bits per heavy atom. The van der Waals surface area contributed by atoms with Gasteiger partial charge in [0.1, 0.15) is 0 Å². The molecule has 72 valence electrons. The first-order chi connectivity index (χ1) is 5.62. The van der Waals surface area contributed by atoms with Gasteiger partial charge in [0.15, 0.2) is 0 Å². The van der Waals surface area contributed by atoms with Crippen LogP contribution in [0.2, 0.25) is 0 Å². The molecule has 0 bridgehead atoms. The Balaban J connectivity index is 2.62. The van der Waals surface area contributed by atoms with Gasteiger partial charge in [-0.1, -0.05) is 0 Å². The normalized spacial score (nSPS) is 43.0. The summed E-state index contributed by atoms with van der Waals surface area (Å²) >= 11 is 0. The van der Waals surface area contributed by atoms with Crippen molar-refractivity contribution in [3.05, 3.63) is 0 Å². The van der Waals surface area contributed by atoms with E-state index < -0.39 is 0 Å². The highest BCUT2D eigenvalue weighted by molar-refractivity contribution is 4.94. The molecule has 1 rings (SSSR count). The number of likely N-dealkylation sites (N-methyl/N-ethyl adjacent to an activating group) is 1. The van der Waals surface area contributed by atoms with Crippen molar-refractivity contribution in [3.63, 3.8) is 0 Å². The van der Waals surface area contributed by atoms with E-state index in [1.807, 2.05) is 7.05 Å². The van der Waals surface area contributed by atoms with Crippen molar-refractivity contribution in [1.29, 1.82) is 0 Å². The summed E-state index contributed by atoms with van der Waals surface area (Å²) in [6.07, 6.45) is 2.68. The Morgan fingerprint density at radius 3 is 2.25 bits per heavy atom. The SMILES string of the molecule is CNC1(CN)CC(C)OC(C)C1. The molecule has 3 N–H and O–H groups in total. The Kier molecular flexibility index (Phi) is 3.09.